The van der Waals surface area contributed by atoms with Gasteiger partial charge in [0.1, 0.15) is 6.54 Å². The van der Waals surface area contributed by atoms with E-state index in [1.165, 1.54) is 10.9 Å². The number of nitrogens with one attached hydrogen (secondary N) is 1. The molecule has 0 aliphatic rings. The number of halogens is 2. The Hall–Kier alpha value is -2.02. The predicted octanol–water partition coefficient (Wildman–Crippen LogP) is 1.47. The molecule has 0 aliphatic heterocycles. The average Bonchev–Trinajstić information content (AvgIpc) is 2.78. The summed E-state index contributed by atoms with van der Waals surface area (Å²) in [6.07, 6.45) is 2.10. The molecule has 1 heterocycles. The van der Waals surface area contributed by atoms with E-state index in [1.54, 1.807) is 7.11 Å². The molecule has 0 aliphatic carbocycles. The van der Waals surface area contributed by atoms with Gasteiger partial charge in [-0.15, -0.1) is 0 Å². The lowest BCUT2D eigenvalue weighted by atomic mass is 10.3. The van der Waals surface area contributed by atoms with Crippen molar-refractivity contribution < 1.29 is 18.3 Å². The highest BCUT2D eigenvalue weighted by Crippen LogP contribution is 2.17. The molecule has 2 rings (SSSR count). The molecule has 2 aromatic rings. The number of ether oxygens (including phenoxy) is 1. The highest BCUT2D eigenvalue weighted by atomic mass is 19.2. The summed E-state index contributed by atoms with van der Waals surface area (Å²) in [6.45, 7) is 1.08. The minimum absolute atomic E-state index is 0.00849. The molecule has 0 fully saturated rings. The van der Waals surface area contributed by atoms with Crippen LogP contribution >= 0.6 is 0 Å². The van der Waals surface area contributed by atoms with E-state index in [1.807, 2.05) is 0 Å². The summed E-state index contributed by atoms with van der Waals surface area (Å²) in [6, 6.07) is 2.05. The number of carbonyl (C=O) groups is 1. The topological polar surface area (TPSA) is 56.1 Å². The van der Waals surface area contributed by atoms with Crippen LogP contribution in [0.1, 0.15) is 6.42 Å². The average molecular weight is 283 g/mol. The molecule has 0 saturated carbocycles. The van der Waals surface area contributed by atoms with E-state index in [0.29, 0.717) is 30.6 Å². The van der Waals surface area contributed by atoms with E-state index in [9.17, 15) is 13.6 Å². The second-order valence-corrected chi connectivity index (χ2v) is 4.32. The normalized spacial score (nSPS) is 10.9. The molecule has 0 bridgehead atoms. The highest BCUT2D eigenvalue weighted by molar-refractivity contribution is 5.80. The van der Waals surface area contributed by atoms with Crippen molar-refractivity contribution in [1.82, 2.24) is 14.9 Å². The number of hydrogen-bond acceptors (Lipinski definition) is 3. The number of fused-ring (bicyclic) bond motifs is 1. The number of methoxy groups -OCH3 is 1. The number of aromatic nitrogens is 2. The molecule has 1 aromatic heterocycles. The Morgan fingerprint density at radius 1 is 1.40 bits per heavy atom. The summed E-state index contributed by atoms with van der Waals surface area (Å²) in [5.74, 6) is -2.13. The molecule has 0 radical (unpaired) electrons. The fourth-order valence-electron chi connectivity index (χ4n) is 1.83. The van der Waals surface area contributed by atoms with Crippen LogP contribution < -0.4 is 5.32 Å². The Kier molecular flexibility index (Phi) is 4.62. The second-order valence-electron chi connectivity index (χ2n) is 4.32. The number of hydrogen-bond donors (Lipinski definition) is 1. The maximum absolute atomic E-state index is 13.2. The maximum atomic E-state index is 13.2. The zero-order chi connectivity index (χ0) is 14.5. The van der Waals surface area contributed by atoms with Gasteiger partial charge in [-0.05, 0) is 6.42 Å². The van der Waals surface area contributed by atoms with Crippen LogP contribution in [0.2, 0.25) is 0 Å². The van der Waals surface area contributed by atoms with Crippen LogP contribution in [-0.4, -0.2) is 35.7 Å². The summed E-state index contributed by atoms with van der Waals surface area (Å²) < 4.78 is 32.6. The fourth-order valence-corrected chi connectivity index (χ4v) is 1.83. The second kappa shape index (κ2) is 6.42. The van der Waals surface area contributed by atoms with Gasteiger partial charge in [-0.1, -0.05) is 0 Å². The third-order valence-electron chi connectivity index (χ3n) is 2.82. The summed E-state index contributed by atoms with van der Waals surface area (Å²) in [4.78, 5) is 15.6. The minimum Gasteiger partial charge on any atom is -0.385 e. The Labute approximate surface area is 114 Å². The van der Waals surface area contributed by atoms with Crippen LogP contribution in [0.15, 0.2) is 18.5 Å². The van der Waals surface area contributed by atoms with E-state index >= 15 is 0 Å². The summed E-state index contributed by atoms with van der Waals surface area (Å²) >= 11 is 0. The summed E-state index contributed by atoms with van der Waals surface area (Å²) in [5, 5.41) is 2.71. The molecule has 20 heavy (non-hydrogen) atoms. The van der Waals surface area contributed by atoms with Crippen molar-refractivity contribution >= 4 is 16.9 Å². The number of benzene rings is 1. The van der Waals surface area contributed by atoms with Gasteiger partial charge in [0.25, 0.3) is 0 Å². The lowest BCUT2D eigenvalue weighted by Gasteiger charge is -2.06. The summed E-state index contributed by atoms with van der Waals surface area (Å²) in [7, 11) is 1.59. The molecule has 1 N–H and O–H groups in total. The van der Waals surface area contributed by atoms with Gasteiger partial charge in [0, 0.05) is 32.4 Å². The number of carbonyl (C=O) groups excluding carboxylic acids is 1. The number of rotatable bonds is 6. The van der Waals surface area contributed by atoms with Gasteiger partial charge >= 0.3 is 0 Å². The van der Waals surface area contributed by atoms with E-state index in [4.69, 9.17) is 4.74 Å². The zero-order valence-corrected chi connectivity index (χ0v) is 11.0. The highest BCUT2D eigenvalue weighted by Gasteiger charge is 2.11. The third kappa shape index (κ3) is 3.30. The quantitative estimate of drug-likeness (QED) is 0.817. The molecule has 1 aromatic carbocycles. The Bertz CT molecular complexity index is 613. The fraction of sp³-hybridized carbons (Fsp3) is 0.385. The first-order valence-corrected chi connectivity index (χ1v) is 6.17. The number of nitrogens with zero attached hydrogens (tertiary/aromatic N) is 2. The SMILES string of the molecule is COCCCNC(=O)Cn1cnc2cc(F)c(F)cc21. The largest absolute Gasteiger partial charge is 0.385 e. The van der Waals surface area contributed by atoms with Gasteiger partial charge in [0.2, 0.25) is 5.91 Å². The third-order valence-corrected chi connectivity index (χ3v) is 2.82. The Morgan fingerprint density at radius 3 is 2.90 bits per heavy atom. The molecule has 5 nitrogen and oxygen atoms in total. The van der Waals surface area contributed by atoms with Crippen molar-refractivity contribution in [2.24, 2.45) is 0 Å². The van der Waals surface area contributed by atoms with E-state index < -0.39 is 11.6 Å². The van der Waals surface area contributed by atoms with Gasteiger partial charge in [0.05, 0.1) is 17.4 Å². The molecule has 0 unspecified atom stereocenters. The standard InChI is InChI=1S/C13H15F2N3O2/c1-20-4-2-3-16-13(19)7-18-8-17-11-5-9(14)10(15)6-12(11)18/h5-6,8H,2-4,7H2,1H3,(H,16,19). The first-order chi connectivity index (χ1) is 9.61. The molecule has 0 spiro atoms. The lowest BCUT2D eigenvalue weighted by Crippen LogP contribution is -2.28. The number of amides is 1. The van der Waals surface area contributed by atoms with Gasteiger partial charge in [-0.2, -0.15) is 0 Å². The van der Waals surface area contributed by atoms with Crippen molar-refractivity contribution in [3.63, 3.8) is 0 Å². The molecular weight excluding hydrogens is 268 g/mol. The summed E-state index contributed by atoms with van der Waals surface area (Å²) in [5.41, 5.74) is 0.701. The minimum atomic E-state index is -0.959. The van der Waals surface area contributed by atoms with Crippen LogP contribution in [-0.2, 0) is 16.1 Å². The van der Waals surface area contributed by atoms with Crippen LogP contribution in [0.5, 0.6) is 0 Å². The first kappa shape index (κ1) is 14.4. The van der Waals surface area contributed by atoms with E-state index in [2.05, 4.69) is 10.3 Å². The van der Waals surface area contributed by atoms with Crippen LogP contribution in [0.25, 0.3) is 11.0 Å². The van der Waals surface area contributed by atoms with Gasteiger partial charge in [-0.25, -0.2) is 13.8 Å². The molecule has 7 heteroatoms. The van der Waals surface area contributed by atoms with Gasteiger partial charge < -0.3 is 14.6 Å². The van der Waals surface area contributed by atoms with Crippen LogP contribution in [0, 0.1) is 11.6 Å². The monoisotopic (exact) mass is 283 g/mol. The van der Waals surface area contributed by atoms with Gasteiger partial charge in [0.15, 0.2) is 11.6 Å². The van der Waals surface area contributed by atoms with Crippen molar-refractivity contribution in [3.05, 3.63) is 30.1 Å². The van der Waals surface area contributed by atoms with Crippen molar-refractivity contribution in [1.29, 1.82) is 0 Å². The predicted molar refractivity (Wildman–Crippen MR) is 69.2 cm³/mol. The van der Waals surface area contributed by atoms with E-state index in [0.717, 1.165) is 12.1 Å². The van der Waals surface area contributed by atoms with Crippen LogP contribution in [0.4, 0.5) is 8.78 Å². The molecule has 0 saturated heterocycles. The Morgan fingerprint density at radius 2 is 2.15 bits per heavy atom. The smallest absolute Gasteiger partial charge is 0.239 e. The van der Waals surface area contributed by atoms with Crippen molar-refractivity contribution in [2.45, 2.75) is 13.0 Å². The molecule has 108 valence electrons. The molecule has 0 atom stereocenters. The molecular formula is C13H15F2N3O2. The lowest BCUT2D eigenvalue weighted by molar-refractivity contribution is -0.121. The van der Waals surface area contributed by atoms with Crippen LogP contribution in [0.3, 0.4) is 0 Å². The number of imidazole rings is 1. The first-order valence-electron chi connectivity index (χ1n) is 6.17. The van der Waals surface area contributed by atoms with E-state index in [-0.39, 0.29) is 12.5 Å². The van der Waals surface area contributed by atoms with Gasteiger partial charge in [-0.3, -0.25) is 4.79 Å². The molecule has 1 amide bonds. The zero-order valence-electron chi connectivity index (χ0n) is 11.0. The van der Waals surface area contributed by atoms with Crippen molar-refractivity contribution in [3.8, 4) is 0 Å². The maximum Gasteiger partial charge on any atom is 0.239 e. The van der Waals surface area contributed by atoms with Crippen molar-refractivity contribution in [2.75, 3.05) is 20.3 Å². The Balaban J connectivity index is 2.02.